The molecule has 3 aromatic rings. The Kier molecular flexibility index (Phi) is 3.55. The fourth-order valence-electron chi connectivity index (χ4n) is 2.51. The third-order valence-electron chi connectivity index (χ3n) is 3.64. The summed E-state index contributed by atoms with van der Waals surface area (Å²) in [7, 11) is 0. The van der Waals surface area contributed by atoms with Crippen LogP contribution in [0.3, 0.4) is 0 Å². The predicted molar refractivity (Wildman–Crippen MR) is 89.5 cm³/mol. The van der Waals surface area contributed by atoms with Crippen LogP contribution in [0.25, 0.3) is 11.4 Å². The molecule has 0 atom stereocenters. The molecule has 1 aromatic heterocycles. The van der Waals surface area contributed by atoms with Crippen LogP contribution in [0.1, 0.15) is 5.56 Å². The molecule has 1 N–H and O–H groups in total. The van der Waals surface area contributed by atoms with Crippen molar-refractivity contribution in [1.82, 2.24) is 14.8 Å². The normalized spacial score (nSPS) is 12.6. The first-order valence-electron chi connectivity index (χ1n) is 7.00. The van der Waals surface area contributed by atoms with Crippen molar-refractivity contribution in [3.63, 3.8) is 0 Å². The zero-order valence-corrected chi connectivity index (χ0v) is 13.5. The van der Waals surface area contributed by atoms with Crippen molar-refractivity contribution < 1.29 is 9.47 Å². The van der Waals surface area contributed by atoms with E-state index in [1.54, 1.807) is 0 Å². The minimum atomic E-state index is 0.264. The predicted octanol–water partition coefficient (Wildman–Crippen LogP) is 4.04. The SMILES string of the molecule is S=c1[nH]nc(-c2ccc(Cl)cc2)n1Cc1ccc2c(c1)OCO2. The number of nitrogens with one attached hydrogen (secondary N) is 1. The van der Waals surface area contributed by atoms with Gasteiger partial charge < -0.3 is 9.47 Å². The summed E-state index contributed by atoms with van der Waals surface area (Å²) < 4.78 is 13.3. The van der Waals surface area contributed by atoms with Gasteiger partial charge in [-0.1, -0.05) is 17.7 Å². The van der Waals surface area contributed by atoms with Gasteiger partial charge in [-0.25, -0.2) is 0 Å². The highest BCUT2D eigenvalue weighted by Crippen LogP contribution is 2.33. The van der Waals surface area contributed by atoms with Gasteiger partial charge >= 0.3 is 0 Å². The molecule has 23 heavy (non-hydrogen) atoms. The number of rotatable bonds is 3. The van der Waals surface area contributed by atoms with Crippen molar-refractivity contribution in [3.8, 4) is 22.9 Å². The molecule has 116 valence electrons. The molecule has 0 amide bonds. The van der Waals surface area contributed by atoms with Crippen LogP contribution >= 0.6 is 23.8 Å². The van der Waals surface area contributed by atoms with Crippen LogP contribution < -0.4 is 9.47 Å². The molecule has 0 bridgehead atoms. The van der Waals surface area contributed by atoms with Crippen LogP contribution in [-0.2, 0) is 6.54 Å². The first-order valence-corrected chi connectivity index (χ1v) is 7.79. The van der Waals surface area contributed by atoms with Crippen LogP contribution in [0.5, 0.6) is 11.5 Å². The maximum Gasteiger partial charge on any atom is 0.231 e. The highest BCUT2D eigenvalue weighted by Gasteiger charge is 2.15. The molecule has 5 nitrogen and oxygen atoms in total. The van der Waals surface area contributed by atoms with Gasteiger partial charge in [0.25, 0.3) is 0 Å². The van der Waals surface area contributed by atoms with E-state index in [1.807, 2.05) is 47.0 Å². The van der Waals surface area contributed by atoms with Crippen molar-refractivity contribution in [2.45, 2.75) is 6.54 Å². The summed E-state index contributed by atoms with van der Waals surface area (Å²) in [5.74, 6) is 2.29. The second kappa shape index (κ2) is 5.72. The summed E-state index contributed by atoms with van der Waals surface area (Å²) in [5, 5.41) is 7.87. The van der Waals surface area contributed by atoms with Gasteiger partial charge in [0, 0.05) is 10.6 Å². The highest BCUT2D eigenvalue weighted by molar-refractivity contribution is 7.71. The van der Waals surface area contributed by atoms with Crippen molar-refractivity contribution in [2.24, 2.45) is 0 Å². The molecule has 4 rings (SSSR count). The van der Waals surface area contributed by atoms with Crippen molar-refractivity contribution >= 4 is 23.8 Å². The molecule has 1 aliphatic rings. The molecule has 2 aromatic carbocycles. The number of hydrogen-bond acceptors (Lipinski definition) is 4. The van der Waals surface area contributed by atoms with Crippen LogP contribution in [0.4, 0.5) is 0 Å². The molecule has 0 fully saturated rings. The number of fused-ring (bicyclic) bond motifs is 1. The highest BCUT2D eigenvalue weighted by atomic mass is 35.5. The van der Waals surface area contributed by atoms with E-state index < -0.39 is 0 Å². The average Bonchev–Trinajstić information content (AvgIpc) is 3.16. The number of aromatic nitrogens is 3. The van der Waals surface area contributed by atoms with E-state index >= 15 is 0 Å². The van der Waals surface area contributed by atoms with Crippen molar-refractivity contribution in [1.29, 1.82) is 0 Å². The van der Waals surface area contributed by atoms with Crippen LogP contribution in [0.15, 0.2) is 42.5 Å². The molecule has 0 aliphatic carbocycles. The fourth-order valence-corrected chi connectivity index (χ4v) is 2.83. The Hall–Kier alpha value is -2.31. The molecule has 0 saturated heterocycles. The smallest absolute Gasteiger partial charge is 0.231 e. The van der Waals surface area contributed by atoms with Gasteiger partial charge in [-0.15, -0.1) is 0 Å². The van der Waals surface area contributed by atoms with E-state index in [9.17, 15) is 0 Å². The standard InChI is InChI=1S/C16H12ClN3O2S/c17-12-4-2-11(3-5-12)15-18-19-16(23)20(15)8-10-1-6-13-14(7-10)22-9-21-13/h1-7H,8-9H2,(H,19,23). The number of benzene rings is 2. The maximum absolute atomic E-state index is 5.95. The van der Waals surface area contributed by atoms with Crippen molar-refractivity contribution in [2.75, 3.05) is 6.79 Å². The Balaban J connectivity index is 1.71. The van der Waals surface area contributed by atoms with Gasteiger partial charge in [-0.05, 0) is 54.2 Å². The quantitative estimate of drug-likeness (QED) is 0.728. The van der Waals surface area contributed by atoms with Crippen molar-refractivity contribution in [3.05, 3.63) is 57.8 Å². The summed E-state index contributed by atoms with van der Waals surface area (Å²) >= 11 is 11.3. The number of nitrogens with zero attached hydrogens (tertiary/aromatic N) is 2. The molecule has 2 heterocycles. The lowest BCUT2D eigenvalue weighted by Crippen LogP contribution is -2.02. The molecule has 0 saturated carbocycles. The molecule has 0 radical (unpaired) electrons. The lowest BCUT2D eigenvalue weighted by molar-refractivity contribution is 0.174. The van der Waals surface area contributed by atoms with Crippen LogP contribution in [0.2, 0.25) is 5.02 Å². The number of H-pyrrole nitrogens is 1. The Bertz CT molecular complexity index is 918. The van der Waals surface area contributed by atoms with Gasteiger partial charge in [0.2, 0.25) is 6.79 Å². The monoisotopic (exact) mass is 345 g/mol. The summed E-state index contributed by atoms with van der Waals surface area (Å²) in [4.78, 5) is 0. The summed E-state index contributed by atoms with van der Waals surface area (Å²) in [6.07, 6.45) is 0. The first-order chi connectivity index (χ1) is 11.2. The number of ether oxygens (including phenoxy) is 2. The van der Waals surface area contributed by atoms with Gasteiger partial charge in [0.05, 0.1) is 6.54 Å². The van der Waals surface area contributed by atoms with E-state index in [0.29, 0.717) is 16.3 Å². The molecule has 7 heteroatoms. The van der Waals surface area contributed by atoms with Gasteiger partial charge in [-0.2, -0.15) is 5.10 Å². The molecular weight excluding hydrogens is 334 g/mol. The first kappa shape index (κ1) is 14.3. The zero-order chi connectivity index (χ0) is 15.8. The number of halogens is 1. The Morgan fingerprint density at radius 2 is 1.91 bits per heavy atom. The maximum atomic E-state index is 5.95. The average molecular weight is 346 g/mol. The summed E-state index contributed by atoms with van der Waals surface area (Å²) in [6.45, 7) is 0.851. The summed E-state index contributed by atoms with van der Waals surface area (Å²) in [6, 6.07) is 13.4. The third kappa shape index (κ3) is 2.71. The lowest BCUT2D eigenvalue weighted by Gasteiger charge is -2.08. The van der Waals surface area contributed by atoms with E-state index in [-0.39, 0.29) is 6.79 Å². The molecule has 0 unspecified atom stereocenters. The van der Waals surface area contributed by atoms with Gasteiger partial charge in [0.15, 0.2) is 22.1 Å². The largest absolute Gasteiger partial charge is 0.454 e. The lowest BCUT2D eigenvalue weighted by atomic mass is 10.2. The van der Waals surface area contributed by atoms with Gasteiger partial charge in [-0.3, -0.25) is 9.67 Å². The molecular formula is C16H12ClN3O2S. The second-order valence-electron chi connectivity index (χ2n) is 5.13. The van der Waals surface area contributed by atoms with E-state index in [0.717, 1.165) is 28.5 Å². The molecule has 0 spiro atoms. The van der Waals surface area contributed by atoms with Crippen LogP contribution in [0, 0.1) is 4.77 Å². The minimum absolute atomic E-state index is 0.264. The van der Waals surface area contributed by atoms with E-state index in [1.165, 1.54) is 0 Å². The number of aromatic amines is 1. The van der Waals surface area contributed by atoms with Gasteiger partial charge in [0.1, 0.15) is 0 Å². The Labute approximate surface area is 142 Å². The zero-order valence-electron chi connectivity index (χ0n) is 12.0. The molecule has 1 aliphatic heterocycles. The van der Waals surface area contributed by atoms with Crippen LogP contribution in [-0.4, -0.2) is 21.6 Å². The Morgan fingerprint density at radius 3 is 2.74 bits per heavy atom. The third-order valence-corrected chi connectivity index (χ3v) is 4.20. The topological polar surface area (TPSA) is 52.1 Å². The minimum Gasteiger partial charge on any atom is -0.454 e. The van der Waals surface area contributed by atoms with E-state index in [2.05, 4.69) is 10.2 Å². The Morgan fingerprint density at radius 1 is 1.13 bits per heavy atom. The number of hydrogen-bond donors (Lipinski definition) is 1. The van der Waals surface area contributed by atoms with E-state index in [4.69, 9.17) is 33.3 Å². The fraction of sp³-hybridized carbons (Fsp3) is 0.125. The second-order valence-corrected chi connectivity index (χ2v) is 5.96. The summed E-state index contributed by atoms with van der Waals surface area (Å²) in [5.41, 5.74) is 2.00.